The molecule has 3 aliphatic heterocycles. The van der Waals surface area contributed by atoms with Crippen LogP contribution in [0.25, 0.3) is 10.8 Å². The lowest BCUT2D eigenvalue weighted by molar-refractivity contribution is 0.119. The fourth-order valence-electron chi connectivity index (χ4n) is 6.08. The third-order valence-electron chi connectivity index (χ3n) is 8.30. The molecule has 1 amide bonds. The molecular weight excluding hydrogens is 510 g/mol. The Labute approximate surface area is 232 Å². The molecule has 40 heavy (non-hydrogen) atoms. The number of carboxylic acid groups (broad SMARTS) is 1. The number of likely N-dealkylation sites (N-methyl/N-ethyl adjacent to an activating group) is 1. The smallest absolute Gasteiger partial charge is 0.407 e. The van der Waals surface area contributed by atoms with Gasteiger partial charge in [-0.1, -0.05) is 24.3 Å². The lowest BCUT2D eigenvalue weighted by atomic mass is 10.0. The number of amides is 1. The van der Waals surface area contributed by atoms with E-state index in [2.05, 4.69) is 44.1 Å². The van der Waals surface area contributed by atoms with Crippen LogP contribution in [0.2, 0.25) is 0 Å². The Morgan fingerprint density at radius 2 is 2.00 bits per heavy atom. The van der Waals surface area contributed by atoms with E-state index < -0.39 is 12.1 Å². The molecule has 2 atom stereocenters. The number of nitriles is 1. The Morgan fingerprint density at radius 1 is 1.12 bits per heavy atom. The highest BCUT2D eigenvalue weighted by molar-refractivity contribution is 5.91. The Balaban J connectivity index is 1.33. The summed E-state index contributed by atoms with van der Waals surface area (Å²) in [4.78, 5) is 29.5. The number of rotatable bonds is 6. The van der Waals surface area contributed by atoms with Gasteiger partial charge in [-0.2, -0.15) is 20.3 Å². The molecule has 3 aromatic rings. The molecule has 5 heterocycles. The van der Waals surface area contributed by atoms with Crippen LogP contribution in [-0.4, -0.2) is 99.6 Å². The molecule has 12 nitrogen and oxygen atoms in total. The summed E-state index contributed by atoms with van der Waals surface area (Å²) in [6.07, 6.45) is 3.83. The van der Waals surface area contributed by atoms with E-state index in [-0.39, 0.29) is 6.42 Å². The summed E-state index contributed by atoms with van der Waals surface area (Å²) < 4.78 is 6.21. The largest absolute Gasteiger partial charge is 0.465 e. The summed E-state index contributed by atoms with van der Waals surface area (Å²) in [5.74, 6) is 1.60. The maximum atomic E-state index is 11.8. The third kappa shape index (κ3) is 5.04. The summed E-state index contributed by atoms with van der Waals surface area (Å²) in [5, 5.41) is 29.8. The topological polar surface area (TPSA) is 135 Å². The third-order valence-corrected chi connectivity index (χ3v) is 8.30. The van der Waals surface area contributed by atoms with Crippen molar-refractivity contribution in [1.29, 1.82) is 5.26 Å². The van der Waals surface area contributed by atoms with E-state index in [1.807, 2.05) is 18.2 Å². The highest BCUT2D eigenvalue weighted by atomic mass is 16.5. The van der Waals surface area contributed by atoms with E-state index >= 15 is 0 Å². The van der Waals surface area contributed by atoms with Crippen LogP contribution in [0.3, 0.4) is 0 Å². The van der Waals surface area contributed by atoms with Crippen molar-refractivity contribution in [3.05, 3.63) is 41.7 Å². The number of nitrogens with zero attached hydrogens (tertiary/aromatic N) is 9. The van der Waals surface area contributed by atoms with Gasteiger partial charge in [-0.05, 0) is 32.9 Å². The number of ether oxygens (including phenoxy) is 1. The monoisotopic (exact) mass is 543 g/mol. The van der Waals surface area contributed by atoms with E-state index in [0.29, 0.717) is 51.3 Å². The van der Waals surface area contributed by atoms with Gasteiger partial charge in [0.15, 0.2) is 5.82 Å². The second kappa shape index (κ2) is 11.1. The minimum atomic E-state index is -0.999. The van der Waals surface area contributed by atoms with Gasteiger partial charge in [0.1, 0.15) is 12.4 Å². The van der Waals surface area contributed by atoms with E-state index in [1.165, 1.54) is 4.90 Å². The number of aromatic nitrogens is 4. The molecule has 12 heteroatoms. The number of hydrogen-bond acceptors (Lipinski definition) is 10. The summed E-state index contributed by atoms with van der Waals surface area (Å²) in [7, 11) is 2.11. The standard InChI is InChI=1S/C28H33N9O3/c1-34-11-4-6-21(34)18-40-27-31-24-17-35(26-22-7-3-2-5-19(22)15-30-33-26)12-9-23(24)25(32-27)36-13-14-37(28(38)39)20(16-36)8-10-29/h2-3,5,7,15,20-21H,4,6,8-9,11-14,16-18H2,1H3,(H,38,39)/t20-,21-/m0/s1. The number of carbonyl (C=O) groups is 1. The highest BCUT2D eigenvalue weighted by Gasteiger charge is 2.34. The lowest BCUT2D eigenvalue weighted by Gasteiger charge is -2.41. The first-order chi connectivity index (χ1) is 19.5. The first-order valence-corrected chi connectivity index (χ1v) is 13.8. The summed E-state index contributed by atoms with van der Waals surface area (Å²) in [5.41, 5.74) is 1.91. The normalized spacial score (nSPS) is 21.4. The maximum Gasteiger partial charge on any atom is 0.407 e. The quantitative estimate of drug-likeness (QED) is 0.491. The molecular formula is C28H33N9O3. The zero-order valence-electron chi connectivity index (χ0n) is 22.6. The van der Waals surface area contributed by atoms with Gasteiger partial charge in [-0.15, -0.1) is 5.10 Å². The van der Waals surface area contributed by atoms with Gasteiger partial charge >= 0.3 is 12.1 Å². The summed E-state index contributed by atoms with van der Waals surface area (Å²) >= 11 is 0. The van der Waals surface area contributed by atoms with E-state index in [1.54, 1.807) is 6.20 Å². The van der Waals surface area contributed by atoms with Crippen LogP contribution in [-0.2, 0) is 13.0 Å². The van der Waals surface area contributed by atoms with Gasteiger partial charge in [0.25, 0.3) is 0 Å². The summed E-state index contributed by atoms with van der Waals surface area (Å²) in [6.45, 7) is 4.01. The molecule has 0 radical (unpaired) electrons. The fraction of sp³-hybridized carbons (Fsp3) is 0.500. The molecule has 208 valence electrons. The predicted molar refractivity (Wildman–Crippen MR) is 148 cm³/mol. The van der Waals surface area contributed by atoms with E-state index in [9.17, 15) is 15.2 Å². The maximum absolute atomic E-state index is 11.8. The SMILES string of the molecule is CN1CCC[C@H]1COc1nc2c(c(N3CCN(C(=O)O)[C@@H](CC#N)C3)n1)CCN(c1nncc3ccccc13)C2. The second-order valence-corrected chi connectivity index (χ2v) is 10.7. The second-order valence-electron chi connectivity index (χ2n) is 10.7. The number of fused-ring (bicyclic) bond motifs is 2. The Kier molecular flexibility index (Phi) is 7.21. The van der Waals surface area contributed by atoms with Crippen LogP contribution >= 0.6 is 0 Å². The first kappa shape index (κ1) is 26.0. The average molecular weight is 544 g/mol. The molecule has 2 aromatic heterocycles. The van der Waals surface area contributed by atoms with Gasteiger partial charge in [0, 0.05) is 48.6 Å². The molecule has 1 aromatic carbocycles. The van der Waals surface area contributed by atoms with Crippen molar-refractivity contribution in [1.82, 2.24) is 30.0 Å². The molecule has 0 unspecified atom stereocenters. The van der Waals surface area contributed by atoms with Crippen molar-refractivity contribution < 1.29 is 14.6 Å². The van der Waals surface area contributed by atoms with Crippen molar-refractivity contribution in [2.45, 2.75) is 44.3 Å². The number of hydrogen-bond donors (Lipinski definition) is 1. The molecule has 0 bridgehead atoms. The van der Waals surface area contributed by atoms with Gasteiger partial charge < -0.3 is 29.4 Å². The number of benzene rings is 1. The van der Waals surface area contributed by atoms with E-state index in [0.717, 1.165) is 59.6 Å². The molecule has 2 saturated heterocycles. The van der Waals surface area contributed by atoms with Crippen LogP contribution < -0.4 is 14.5 Å². The van der Waals surface area contributed by atoms with Gasteiger partial charge in [0.2, 0.25) is 0 Å². The number of piperazine rings is 1. The summed E-state index contributed by atoms with van der Waals surface area (Å²) in [6, 6.07) is 10.5. The molecule has 3 aliphatic rings. The molecule has 0 spiro atoms. The Bertz CT molecular complexity index is 1440. The Hall–Kier alpha value is -4.24. The molecule has 6 rings (SSSR count). The van der Waals surface area contributed by atoms with Crippen LogP contribution in [0.15, 0.2) is 30.5 Å². The Morgan fingerprint density at radius 3 is 2.80 bits per heavy atom. The van der Waals surface area contributed by atoms with Gasteiger partial charge in [-0.3, -0.25) is 0 Å². The lowest BCUT2D eigenvalue weighted by Crippen LogP contribution is -2.55. The molecule has 0 saturated carbocycles. The molecule has 1 N–H and O–H groups in total. The van der Waals surface area contributed by atoms with Gasteiger partial charge in [0.05, 0.1) is 37.0 Å². The van der Waals surface area contributed by atoms with Crippen molar-refractivity contribution in [3.8, 4) is 12.1 Å². The predicted octanol–water partition coefficient (Wildman–Crippen LogP) is 2.54. The van der Waals surface area contributed by atoms with Gasteiger partial charge in [-0.25, -0.2) is 4.79 Å². The van der Waals surface area contributed by atoms with Crippen molar-refractivity contribution >= 4 is 28.5 Å². The zero-order valence-corrected chi connectivity index (χ0v) is 22.6. The van der Waals surface area contributed by atoms with Crippen molar-refractivity contribution in [2.24, 2.45) is 0 Å². The van der Waals surface area contributed by atoms with Crippen LogP contribution in [0, 0.1) is 11.3 Å². The fourth-order valence-corrected chi connectivity index (χ4v) is 6.08. The van der Waals surface area contributed by atoms with Crippen molar-refractivity contribution in [3.63, 3.8) is 0 Å². The molecule has 0 aliphatic carbocycles. The van der Waals surface area contributed by atoms with E-state index in [4.69, 9.17) is 14.7 Å². The average Bonchev–Trinajstić information content (AvgIpc) is 3.39. The zero-order chi connectivity index (χ0) is 27.6. The van der Waals surface area contributed by atoms with Crippen LogP contribution in [0.4, 0.5) is 16.4 Å². The minimum Gasteiger partial charge on any atom is -0.465 e. The van der Waals surface area contributed by atoms with Crippen LogP contribution in [0.1, 0.15) is 30.5 Å². The highest BCUT2D eigenvalue weighted by Crippen LogP contribution is 2.33. The number of likely N-dealkylation sites (tertiary alicyclic amines) is 1. The molecule has 2 fully saturated rings. The van der Waals surface area contributed by atoms with Crippen molar-refractivity contribution in [2.75, 3.05) is 56.2 Å². The van der Waals surface area contributed by atoms with Crippen LogP contribution in [0.5, 0.6) is 6.01 Å². The minimum absolute atomic E-state index is 0.126. The first-order valence-electron chi connectivity index (χ1n) is 13.8. The number of anilines is 2.